The van der Waals surface area contributed by atoms with E-state index in [2.05, 4.69) is 5.32 Å². The first kappa shape index (κ1) is 21.6. The maximum atomic E-state index is 13.3. The van der Waals surface area contributed by atoms with Gasteiger partial charge < -0.3 is 5.32 Å². The van der Waals surface area contributed by atoms with Gasteiger partial charge in [-0.2, -0.15) is 0 Å². The molecule has 0 atom stereocenters. The summed E-state index contributed by atoms with van der Waals surface area (Å²) in [5.41, 5.74) is 1.95. The Kier molecular flexibility index (Phi) is 6.23. The quantitative estimate of drug-likeness (QED) is 0.484. The lowest BCUT2D eigenvalue weighted by molar-refractivity contribution is -0.116. The summed E-state index contributed by atoms with van der Waals surface area (Å²) in [7, 11) is 0. The van der Waals surface area contributed by atoms with E-state index in [0.29, 0.717) is 21.6 Å². The molecular weight excluding hydrogens is 426 g/mol. The highest BCUT2D eigenvalue weighted by molar-refractivity contribution is 6.30. The Balaban J connectivity index is 1.74. The van der Waals surface area contributed by atoms with Crippen LogP contribution in [-0.4, -0.2) is 15.0 Å². The third-order valence-electron chi connectivity index (χ3n) is 5.28. The molecule has 0 fully saturated rings. The first-order chi connectivity index (χ1) is 15.5. The van der Waals surface area contributed by atoms with Gasteiger partial charge in [-0.25, -0.2) is 4.79 Å². The summed E-state index contributed by atoms with van der Waals surface area (Å²) in [6, 6.07) is 21.4. The first-order valence-corrected chi connectivity index (χ1v) is 10.7. The van der Waals surface area contributed by atoms with Gasteiger partial charge in [-0.1, -0.05) is 54.9 Å². The third kappa shape index (κ3) is 4.50. The van der Waals surface area contributed by atoms with E-state index in [1.54, 1.807) is 54.6 Å². The number of benzene rings is 3. The average molecular weight is 448 g/mol. The van der Waals surface area contributed by atoms with Crippen LogP contribution in [0.25, 0.3) is 10.9 Å². The molecule has 7 heteroatoms. The summed E-state index contributed by atoms with van der Waals surface area (Å²) in [6.07, 6.45) is 0.849. The number of hydrogen-bond acceptors (Lipinski definition) is 3. The molecule has 0 saturated carbocycles. The molecule has 1 aromatic heterocycles. The summed E-state index contributed by atoms with van der Waals surface area (Å²) in [4.78, 5) is 39.1. The number of carbonyl (C=O) groups excluding carboxylic acids is 1. The standard InChI is InChI=1S/C25H22ClN3O3/c1-2-17-7-6-10-20(14-17)27-23(30)16-28-22-12-4-3-11-21(22)24(31)29(25(28)32)15-18-8-5-9-19(26)13-18/h3-14H,2,15-16H2,1H3,(H,27,30). The smallest absolute Gasteiger partial charge is 0.325 e. The van der Waals surface area contributed by atoms with Crippen LogP contribution in [0, 0.1) is 0 Å². The van der Waals surface area contributed by atoms with Gasteiger partial charge in [0.05, 0.1) is 17.4 Å². The van der Waals surface area contributed by atoms with Crippen LogP contribution in [0.1, 0.15) is 18.1 Å². The molecule has 0 aliphatic heterocycles. The molecule has 3 aromatic carbocycles. The molecule has 0 aliphatic carbocycles. The lowest BCUT2D eigenvalue weighted by atomic mass is 10.1. The largest absolute Gasteiger partial charge is 0.332 e. The van der Waals surface area contributed by atoms with Gasteiger partial charge in [0.2, 0.25) is 5.91 Å². The minimum Gasteiger partial charge on any atom is -0.325 e. The molecular formula is C25H22ClN3O3. The van der Waals surface area contributed by atoms with Crippen LogP contribution in [0.15, 0.2) is 82.4 Å². The number of halogens is 1. The van der Waals surface area contributed by atoms with Crippen molar-refractivity contribution in [2.45, 2.75) is 26.4 Å². The van der Waals surface area contributed by atoms with E-state index < -0.39 is 11.2 Å². The first-order valence-electron chi connectivity index (χ1n) is 10.3. The van der Waals surface area contributed by atoms with Crippen LogP contribution >= 0.6 is 11.6 Å². The molecule has 0 aliphatic rings. The third-order valence-corrected chi connectivity index (χ3v) is 5.52. The summed E-state index contributed by atoms with van der Waals surface area (Å²) >= 11 is 6.06. The van der Waals surface area contributed by atoms with E-state index in [9.17, 15) is 14.4 Å². The van der Waals surface area contributed by atoms with E-state index in [-0.39, 0.29) is 19.0 Å². The van der Waals surface area contributed by atoms with Crippen LogP contribution in [0.3, 0.4) is 0 Å². The van der Waals surface area contributed by atoms with Crippen molar-refractivity contribution >= 4 is 34.1 Å². The molecule has 1 heterocycles. The molecule has 1 N–H and O–H groups in total. The second kappa shape index (κ2) is 9.24. The summed E-state index contributed by atoms with van der Waals surface area (Å²) in [6.45, 7) is 1.88. The fraction of sp³-hybridized carbons (Fsp3) is 0.160. The van der Waals surface area contributed by atoms with Gasteiger partial charge in [0, 0.05) is 10.7 Å². The number of carbonyl (C=O) groups is 1. The molecule has 0 saturated heterocycles. The molecule has 32 heavy (non-hydrogen) atoms. The van der Waals surface area contributed by atoms with Crippen LogP contribution in [0.4, 0.5) is 5.69 Å². The monoisotopic (exact) mass is 447 g/mol. The second-order valence-corrected chi connectivity index (χ2v) is 7.95. The van der Waals surface area contributed by atoms with Crippen molar-refractivity contribution in [1.29, 1.82) is 0 Å². The number of aromatic nitrogens is 2. The highest BCUT2D eigenvalue weighted by atomic mass is 35.5. The summed E-state index contributed by atoms with van der Waals surface area (Å²) in [5, 5.41) is 3.73. The van der Waals surface area contributed by atoms with E-state index in [1.165, 1.54) is 4.57 Å². The number of rotatable bonds is 6. The van der Waals surface area contributed by atoms with Crippen molar-refractivity contribution in [1.82, 2.24) is 9.13 Å². The molecule has 6 nitrogen and oxygen atoms in total. The van der Waals surface area contributed by atoms with Crippen LogP contribution in [-0.2, 0) is 24.3 Å². The minimum absolute atomic E-state index is 0.0588. The highest BCUT2D eigenvalue weighted by Gasteiger charge is 2.16. The van der Waals surface area contributed by atoms with Crippen molar-refractivity contribution in [2.24, 2.45) is 0 Å². The lowest BCUT2D eigenvalue weighted by Crippen LogP contribution is -2.42. The van der Waals surface area contributed by atoms with E-state index in [0.717, 1.165) is 22.1 Å². The number of hydrogen-bond donors (Lipinski definition) is 1. The van der Waals surface area contributed by atoms with Gasteiger partial charge in [0.15, 0.2) is 0 Å². The predicted octanol–water partition coefficient (Wildman–Crippen LogP) is 4.07. The molecule has 1 amide bonds. The number of amides is 1. The molecule has 0 spiro atoms. The number of fused-ring (bicyclic) bond motifs is 1. The SMILES string of the molecule is CCc1cccc(NC(=O)Cn2c(=O)n(Cc3cccc(Cl)c3)c(=O)c3ccccc32)c1. The number of aryl methyl sites for hydroxylation is 1. The Morgan fingerprint density at radius 3 is 2.44 bits per heavy atom. The Bertz CT molecular complexity index is 1420. The Hall–Kier alpha value is -3.64. The maximum Gasteiger partial charge on any atom is 0.332 e. The number of nitrogens with zero attached hydrogens (tertiary/aromatic N) is 2. The summed E-state index contributed by atoms with van der Waals surface area (Å²) < 4.78 is 2.47. The number of anilines is 1. The minimum atomic E-state index is -0.550. The van der Waals surface area contributed by atoms with Crippen molar-refractivity contribution in [2.75, 3.05) is 5.32 Å². The predicted molar refractivity (Wildman–Crippen MR) is 127 cm³/mol. The molecule has 0 unspecified atom stereocenters. The van der Waals surface area contributed by atoms with E-state index in [1.807, 2.05) is 25.1 Å². The zero-order valence-electron chi connectivity index (χ0n) is 17.5. The fourth-order valence-electron chi connectivity index (χ4n) is 3.69. The van der Waals surface area contributed by atoms with E-state index in [4.69, 9.17) is 11.6 Å². The lowest BCUT2D eigenvalue weighted by Gasteiger charge is -2.14. The Morgan fingerprint density at radius 2 is 1.66 bits per heavy atom. The topological polar surface area (TPSA) is 73.1 Å². The van der Waals surface area contributed by atoms with Crippen molar-refractivity contribution in [3.05, 3.63) is 110 Å². The zero-order valence-corrected chi connectivity index (χ0v) is 18.3. The maximum absolute atomic E-state index is 13.3. The Morgan fingerprint density at radius 1 is 0.906 bits per heavy atom. The van der Waals surface area contributed by atoms with Gasteiger partial charge in [0.1, 0.15) is 6.54 Å². The van der Waals surface area contributed by atoms with Gasteiger partial charge >= 0.3 is 5.69 Å². The van der Waals surface area contributed by atoms with Crippen molar-refractivity contribution < 1.29 is 4.79 Å². The normalized spacial score (nSPS) is 10.9. The Labute approximate surface area is 189 Å². The summed E-state index contributed by atoms with van der Waals surface area (Å²) in [5.74, 6) is -0.349. The zero-order chi connectivity index (χ0) is 22.7. The molecule has 162 valence electrons. The number of nitrogens with one attached hydrogen (secondary N) is 1. The molecule has 0 bridgehead atoms. The van der Waals surface area contributed by atoms with Crippen LogP contribution < -0.4 is 16.6 Å². The molecule has 0 radical (unpaired) electrons. The second-order valence-electron chi connectivity index (χ2n) is 7.51. The van der Waals surface area contributed by atoms with Gasteiger partial charge in [-0.3, -0.25) is 18.7 Å². The fourth-order valence-corrected chi connectivity index (χ4v) is 3.91. The average Bonchev–Trinajstić information content (AvgIpc) is 2.79. The van der Waals surface area contributed by atoms with E-state index >= 15 is 0 Å². The van der Waals surface area contributed by atoms with Crippen LogP contribution in [0.2, 0.25) is 5.02 Å². The highest BCUT2D eigenvalue weighted by Crippen LogP contribution is 2.14. The van der Waals surface area contributed by atoms with Gasteiger partial charge in [0.25, 0.3) is 5.56 Å². The van der Waals surface area contributed by atoms with Crippen molar-refractivity contribution in [3.63, 3.8) is 0 Å². The molecule has 4 rings (SSSR count). The van der Waals surface area contributed by atoms with Crippen LogP contribution in [0.5, 0.6) is 0 Å². The van der Waals surface area contributed by atoms with Gasteiger partial charge in [-0.15, -0.1) is 0 Å². The van der Waals surface area contributed by atoms with Gasteiger partial charge in [-0.05, 0) is 53.9 Å². The number of para-hydroxylation sites is 1. The molecule has 4 aromatic rings. The van der Waals surface area contributed by atoms with Crippen molar-refractivity contribution in [3.8, 4) is 0 Å².